The van der Waals surface area contributed by atoms with E-state index >= 15 is 0 Å². The van der Waals surface area contributed by atoms with Gasteiger partial charge in [-0.1, -0.05) is 24.3 Å². The number of hydrogen-bond acceptors (Lipinski definition) is 2. The molecule has 0 aliphatic rings. The van der Waals surface area contributed by atoms with Gasteiger partial charge in [-0.3, -0.25) is 4.55 Å². The molecule has 1 aromatic carbocycles. The van der Waals surface area contributed by atoms with Gasteiger partial charge in [0.1, 0.15) is 0 Å². The van der Waals surface area contributed by atoms with E-state index in [1.54, 1.807) is 0 Å². The first-order valence-corrected chi connectivity index (χ1v) is 4.95. The topological polar surface area (TPSA) is 75.3 Å². The molecule has 0 aromatic heterocycles. The highest BCUT2D eigenvalue weighted by Gasteiger charge is 1.95. The molecule has 0 aliphatic carbocycles. The van der Waals surface area contributed by atoms with Gasteiger partial charge in [0.15, 0.2) is 0 Å². The van der Waals surface area contributed by atoms with Crippen molar-refractivity contribution in [2.45, 2.75) is 13.1 Å². The van der Waals surface area contributed by atoms with E-state index in [0.29, 0.717) is 13.1 Å². The minimum absolute atomic E-state index is 0.383. The zero-order valence-electron chi connectivity index (χ0n) is 7.06. The highest BCUT2D eigenvalue weighted by atomic mass is 32.2. The highest BCUT2D eigenvalue weighted by Crippen LogP contribution is 2.03. The smallest absolute Gasteiger partial charge is 0.232 e. The summed E-state index contributed by atoms with van der Waals surface area (Å²) in [6.45, 7) is 0.896. The summed E-state index contributed by atoms with van der Waals surface area (Å²) in [6, 6.07) is 7.55. The molecule has 4 N–H and O–H groups in total. The summed E-state index contributed by atoms with van der Waals surface area (Å²) in [6.07, 6.45) is 0. The van der Waals surface area contributed by atoms with E-state index in [0.717, 1.165) is 11.1 Å². The quantitative estimate of drug-likeness (QED) is 0.615. The van der Waals surface area contributed by atoms with Crippen molar-refractivity contribution in [1.29, 1.82) is 0 Å². The van der Waals surface area contributed by atoms with Crippen molar-refractivity contribution < 1.29 is 8.76 Å². The van der Waals surface area contributed by atoms with Gasteiger partial charge in [-0.15, -0.1) is 0 Å². The Bertz CT molecular complexity index is 287. The maximum absolute atomic E-state index is 10.3. The largest absolute Gasteiger partial charge is 0.326 e. The second-order valence-corrected chi connectivity index (χ2v) is 3.38. The van der Waals surface area contributed by atoms with Gasteiger partial charge in [0.25, 0.3) is 0 Å². The molecule has 1 atom stereocenters. The van der Waals surface area contributed by atoms with Crippen LogP contribution in [0.5, 0.6) is 0 Å². The van der Waals surface area contributed by atoms with E-state index in [-0.39, 0.29) is 0 Å². The second-order valence-electron chi connectivity index (χ2n) is 2.59. The molecule has 0 fully saturated rings. The van der Waals surface area contributed by atoms with Crippen LogP contribution in [-0.2, 0) is 24.4 Å². The molecule has 0 spiro atoms. The molecule has 0 amide bonds. The first kappa shape index (κ1) is 10.3. The Morgan fingerprint density at radius 3 is 2.31 bits per heavy atom. The Morgan fingerprint density at radius 1 is 1.31 bits per heavy atom. The third-order valence-electron chi connectivity index (χ3n) is 1.66. The predicted molar refractivity (Wildman–Crippen MR) is 51.9 cm³/mol. The first-order chi connectivity index (χ1) is 6.22. The number of rotatable bonds is 4. The number of nitrogens with one attached hydrogen (secondary N) is 1. The van der Waals surface area contributed by atoms with Crippen LogP contribution in [0, 0.1) is 0 Å². The molecule has 0 saturated carbocycles. The molecule has 0 bridgehead atoms. The summed E-state index contributed by atoms with van der Waals surface area (Å²) in [7, 11) is 0. The molecule has 0 heterocycles. The van der Waals surface area contributed by atoms with Crippen molar-refractivity contribution in [3.05, 3.63) is 35.4 Å². The third-order valence-corrected chi connectivity index (χ3v) is 2.05. The maximum Gasteiger partial charge on any atom is 0.232 e. The van der Waals surface area contributed by atoms with Crippen LogP contribution in [0.2, 0.25) is 0 Å². The fourth-order valence-electron chi connectivity index (χ4n) is 0.938. The fourth-order valence-corrected chi connectivity index (χ4v) is 1.23. The molecule has 4 nitrogen and oxygen atoms in total. The van der Waals surface area contributed by atoms with E-state index < -0.39 is 11.3 Å². The average molecular weight is 200 g/mol. The van der Waals surface area contributed by atoms with Crippen LogP contribution in [0.3, 0.4) is 0 Å². The lowest BCUT2D eigenvalue weighted by Gasteiger charge is -2.01. The molecule has 0 aliphatic heterocycles. The second kappa shape index (κ2) is 5.08. The van der Waals surface area contributed by atoms with E-state index in [4.69, 9.17) is 10.3 Å². The van der Waals surface area contributed by atoms with Crippen molar-refractivity contribution >= 4 is 11.3 Å². The molecule has 0 radical (unpaired) electrons. The van der Waals surface area contributed by atoms with E-state index in [1.807, 2.05) is 24.3 Å². The van der Waals surface area contributed by atoms with Crippen LogP contribution in [0.15, 0.2) is 24.3 Å². The van der Waals surface area contributed by atoms with Gasteiger partial charge in [0, 0.05) is 13.1 Å². The van der Waals surface area contributed by atoms with Gasteiger partial charge in [-0.05, 0) is 11.1 Å². The fraction of sp³-hybridized carbons (Fsp3) is 0.250. The van der Waals surface area contributed by atoms with Crippen molar-refractivity contribution in [3.63, 3.8) is 0 Å². The zero-order chi connectivity index (χ0) is 9.68. The zero-order valence-corrected chi connectivity index (χ0v) is 7.88. The molecule has 1 rings (SSSR count). The van der Waals surface area contributed by atoms with Crippen LogP contribution in [0.4, 0.5) is 0 Å². The van der Waals surface area contributed by atoms with Crippen molar-refractivity contribution in [2.75, 3.05) is 0 Å². The molecule has 1 unspecified atom stereocenters. The van der Waals surface area contributed by atoms with Crippen molar-refractivity contribution in [2.24, 2.45) is 5.73 Å². The van der Waals surface area contributed by atoms with E-state index in [9.17, 15) is 4.21 Å². The van der Waals surface area contributed by atoms with Gasteiger partial charge < -0.3 is 5.73 Å². The van der Waals surface area contributed by atoms with Gasteiger partial charge >= 0.3 is 0 Å². The summed E-state index contributed by atoms with van der Waals surface area (Å²) >= 11 is -1.95. The van der Waals surface area contributed by atoms with E-state index in [1.165, 1.54) is 0 Å². The summed E-state index contributed by atoms with van der Waals surface area (Å²) in [5.74, 6) is 0. The molecular weight excluding hydrogens is 188 g/mol. The first-order valence-electron chi connectivity index (χ1n) is 3.84. The average Bonchev–Trinajstić information content (AvgIpc) is 2.15. The molecule has 13 heavy (non-hydrogen) atoms. The Balaban J connectivity index is 2.54. The van der Waals surface area contributed by atoms with Crippen LogP contribution < -0.4 is 10.5 Å². The molecule has 5 heteroatoms. The molecule has 72 valence electrons. The Morgan fingerprint density at radius 2 is 1.85 bits per heavy atom. The van der Waals surface area contributed by atoms with Crippen LogP contribution in [-0.4, -0.2) is 8.76 Å². The number of nitrogens with two attached hydrogens (primary N) is 1. The monoisotopic (exact) mass is 200 g/mol. The highest BCUT2D eigenvalue weighted by molar-refractivity contribution is 7.77. The van der Waals surface area contributed by atoms with E-state index in [2.05, 4.69) is 4.72 Å². The van der Waals surface area contributed by atoms with Crippen molar-refractivity contribution in [1.82, 2.24) is 4.72 Å². The van der Waals surface area contributed by atoms with Crippen LogP contribution in [0.25, 0.3) is 0 Å². The Labute approximate surface area is 79.6 Å². The van der Waals surface area contributed by atoms with Crippen molar-refractivity contribution in [3.8, 4) is 0 Å². The minimum Gasteiger partial charge on any atom is -0.326 e. The normalized spacial score (nSPS) is 12.8. The lowest BCUT2D eigenvalue weighted by atomic mass is 10.1. The number of benzene rings is 1. The number of hydrogen-bond donors (Lipinski definition) is 3. The minimum atomic E-state index is -1.95. The lowest BCUT2D eigenvalue weighted by molar-refractivity contribution is 0.548. The van der Waals surface area contributed by atoms with Gasteiger partial charge in [0.2, 0.25) is 11.3 Å². The van der Waals surface area contributed by atoms with Crippen LogP contribution >= 0.6 is 0 Å². The maximum atomic E-state index is 10.3. The Kier molecular flexibility index (Phi) is 4.04. The third kappa shape index (κ3) is 3.65. The summed E-state index contributed by atoms with van der Waals surface area (Å²) in [4.78, 5) is 0. The van der Waals surface area contributed by atoms with Gasteiger partial charge in [0.05, 0.1) is 0 Å². The van der Waals surface area contributed by atoms with Crippen LogP contribution in [0.1, 0.15) is 11.1 Å². The molecule has 1 aromatic rings. The Hall–Kier alpha value is -0.750. The molecule has 0 saturated heterocycles. The van der Waals surface area contributed by atoms with Gasteiger partial charge in [-0.2, -0.15) is 0 Å². The SMILES string of the molecule is NCc1ccc(CNS(=O)O)cc1. The predicted octanol–water partition coefficient (Wildman–Crippen LogP) is 0.372. The van der Waals surface area contributed by atoms with Gasteiger partial charge in [-0.25, -0.2) is 8.93 Å². The lowest BCUT2D eigenvalue weighted by Crippen LogP contribution is -2.15. The summed E-state index contributed by atoms with van der Waals surface area (Å²) < 4.78 is 21.1. The standard InChI is InChI=1S/C8H12N2O2S/c9-5-7-1-3-8(4-2-7)6-10-13(11)12/h1-4,10H,5-6,9H2,(H,11,12). The molecular formula is C8H12N2O2S. The summed E-state index contributed by atoms with van der Waals surface area (Å²) in [5, 5.41) is 0. The summed E-state index contributed by atoms with van der Waals surface area (Å²) in [5.41, 5.74) is 7.43.